The lowest BCUT2D eigenvalue weighted by Crippen LogP contribution is -2.12. The monoisotopic (exact) mass is 190 g/mol. The van der Waals surface area contributed by atoms with Gasteiger partial charge >= 0.3 is 5.97 Å². The zero-order valence-electron chi connectivity index (χ0n) is 8.01. The van der Waals surface area contributed by atoms with Crippen molar-refractivity contribution in [3.63, 3.8) is 0 Å². The van der Waals surface area contributed by atoms with Gasteiger partial charge < -0.3 is 9.47 Å². The predicted molar refractivity (Wildman–Crippen MR) is 46.9 cm³/mol. The predicted octanol–water partition coefficient (Wildman–Crippen LogP) is 1.69. The van der Waals surface area contributed by atoms with Crippen LogP contribution < -0.4 is 0 Å². The first-order valence-electron chi connectivity index (χ1n) is 4.13. The molecule has 0 saturated heterocycles. The first-order valence-corrected chi connectivity index (χ1v) is 4.13. The first kappa shape index (κ1) is 12.1. The van der Waals surface area contributed by atoms with Crippen LogP contribution in [-0.4, -0.2) is 25.8 Å². The molecule has 0 spiro atoms. The summed E-state index contributed by atoms with van der Waals surface area (Å²) in [6.45, 7) is 7.78. The van der Waals surface area contributed by atoms with Crippen LogP contribution >= 0.6 is 0 Å². The molecule has 13 heavy (non-hydrogen) atoms. The molecule has 4 heteroatoms. The lowest BCUT2D eigenvalue weighted by Gasteiger charge is -2.06. The zero-order valence-corrected chi connectivity index (χ0v) is 8.01. The van der Waals surface area contributed by atoms with E-state index in [0.717, 1.165) is 0 Å². The van der Waals surface area contributed by atoms with Crippen molar-refractivity contribution in [1.82, 2.24) is 0 Å². The van der Waals surface area contributed by atoms with Gasteiger partial charge in [-0.1, -0.05) is 20.4 Å². The maximum Gasteiger partial charge on any atom is 0.366 e. The van der Waals surface area contributed by atoms with Crippen LogP contribution in [0.2, 0.25) is 0 Å². The average Bonchev–Trinajstić information content (AvgIpc) is 2.02. The number of halogens is 1. The highest BCUT2D eigenvalue weighted by atomic mass is 19.1. The fourth-order valence-electron chi connectivity index (χ4n) is 0.591. The van der Waals surface area contributed by atoms with Crippen molar-refractivity contribution >= 4 is 5.97 Å². The van der Waals surface area contributed by atoms with E-state index in [-0.39, 0.29) is 13.2 Å². The Bertz CT molecular complexity index is 178. The van der Waals surface area contributed by atoms with Gasteiger partial charge in [0.15, 0.2) is 0 Å². The van der Waals surface area contributed by atoms with Gasteiger partial charge in [-0.05, 0) is 5.92 Å². The molecule has 0 aromatic heterocycles. The quantitative estimate of drug-likeness (QED) is 0.363. The molecule has 0 bridgehead atoms. The second-order valence-electron chi connectivity index (χ2n) is 3.01. The van der Waals surface area contributed by atoms with Crippen molar-refractivity contribution in [1.29, 1.82) is 0 Å². The summed E-state index contributed by atoms with van der Waals surface area (Å²) in [7, 11) is 0. The molecule has 0 aliphatic rings. The van der Waals surface area contributed by atoms with Crippen LogP contribution in [0.3, 0.4) is 0 Å². The number of rotatable bonds is 6. The van der Waals surface area contributed by atoms with E-state index in [1.165, 1.54) is 0 Å². The van der Waals surface area contributed by atoms with Gasteiger partial charge in [0, 0.05) is 6.61 Å². The molecule has 3 nitrogen and oxygen atoms in total. The summed E-state index contributed by atoms with van der Waals surface area (Å²) in [5.74, 6) is -1.66. The summed E-state index contributed by atoms with van der Waals surface area (Å²) < 4.78 is 21.6. The summed E-state index contributed by atoms with van der Waals surface area (Å²) in [6.07, 6.45) is 0. The van der Waals surface area contributed by atoms with Crippen molar-refractivity contribution in [2.24, 2.45) is 5.92 Å². The molecule has 0 saturated carbocycles. The van der Waals surface area contributed by atoms with Gasteiger partial charge in [0.05, 0.1) is 6.61 Å². The molecular formula is C9H15FO3. The van der Waals surface area contributed by atoms with Gasteiger partial charge in [0.25, 0.3) is 0 Å². The van der Waals surface area contributed by atoms with Gasteiger partial charge in [-0.3, -0.25) is 0 Å². The number of carbonyl (C=O) groups is 1. The van der Waals surface area contributed by atoms with Crippen molar-refractivity contribution in [3.8, 4) is 0 Å². The van der Waals surface area contributed by atoms with Gasteiger partial charge in [-0.15, -0.1) is 0 Å². The van der Waals surface area contributed by atoms with Crippen LogP contribution in [0.4, 0.5) is 4.39 Å². The lowest BCUT2D eigenvalue weighted by atomic mass is 10.2. The number of hydrogen-bond acceptors (Lipinski definition) is 3. The largest absolute Gasteiger partial charge is 0.458 e. The molecule has 0 fully saturated rings. The standard InChI is InChI=1S/C9H15FO3/c1-7(2)6-12-4-5-13-9(11)8(3)10/h7H,3-6H2,1-2H3. The molecule has 0 aliphatic carbocycles. The van der Waals surface area contributed by atoms with Gasteiger partial charge in [0.1, 0.15) is 6.61 Å². The summed E-state index contributed by atoms with van der Waals surface area (Å²) in [4.78, 5) is 10.5. The Morgan fingerprint density at radius 1 is 1.46 bits per heavy atom. The molecule has 0 amide bonds. The molecule has 0 atom stereocenters. The van der Waals surface area contributed by atoms with E-state index in [9.17, 15) is 9.18 Å². The maximum atomic E-state index is 12.0. The van der Waals surface area contributed by atoms with Crippen LogP contribution in [-0.2, 0) is 14.3 Å². The smallest absolute Gasteiger partial charge is 0.366 e. The van der Waals surface area contributed by atoms with E-state index in [1.807, 2.05) is 13.8 Å². The molecule has 0 aromatic rings. The van der Waals surface area contributed by atoms with Crippen molar-refractivity contribution < 1.29 is 18.7 Å². The third kappa shape index (κ3) is 7.46. The third-order valence-electron chi connectivity index (χ3n) is 1.13. The summed E-state index contributed by atoms with van der Waals surface area (Å²) in [5, 5.41) is 0. The third-order valence-corrected chi connectivity index (χ3v) is 1.13. The van der Waals surface area contributed by atoms with Crippen LogP contribution in [0, 0.1) is 5.92 Å². The lowest BCUT2D eigenvalue weighted by molar-refractivity contribution is -0.142. The normalized spacial score (nSPS) is 10.2. The Morgan fingerprint density at radius 3 is 2.54 bits per heavy atom. The molecule has 0 unspecified atom stereocenters. The Balaban J connectivity index is 3.26. The Hall–Kier alpha value is -0.900. The Labute approximate surface area is 77.5 Å². The topological polar surface area (TPSA) is 35.5 Å². The zero-order chi connectivity index (χ0) is 10.3. The highest BCUT2D eigenvalue weighted by Gasteiger charge is 2.05. The van der Waals surface area contributed by atoms with E-state index in [1.54, 1.807) is 0 Å². The van der Waals surface area contributed by atoms with Crippen LogP contribution in [0.5, 0.6) is 0 Å². The molecular weight excluding hydrogens is 175 g/mol. The van der Waals surface area contributed by atoms with E-state index in [4.69, 9.17) is 4.74 Å². The second kappa shape index (κ2) is 6.60. The molecule has 0 aliphatic heterocycles. The molecule has 0 rings (SSSR count). The summed E-state index contributed by atoms with van der Waals surface area (Å²) in [6, 6.07) is 0. The highest BCUT2D eigenvalue weighted by Crippen LogP contribution is 1.96. The molecule has 0 N–H and O–H groups in total. The van der Waals surface area contributed by atoms with Gasteiger partial charge in [0.2, 0.25) is 5.83 Å². The molecule has 76 valence electrons. The van der Waals surface area contributed by atoms with E-state index in [0.29, 0.717) is 12.5 Å². The molecule has 0 aromatic carbocycles. The maximum absolute atomic E-state index is 12.0. The van der Waals surface area contributed by atoms with E-state index >= 15 is 0 Å². The fourth-order valence-corrected chi connectivity index (χ4v) is 0.591. The van der Waals surface area contributed by atoms with Gasteiger partial charge in [-0.2, -0.15) is 4.39 Å². The summed E-state index contributed by atoms with van der Waals surface area (Å²) >= 11 is 0. The highest BCUT2D eigenvalue weighted by molar-refractivity contribution is 5.85. The SMILES string of the molecule is C=C(F)C(=O)OCCOCC(C)C. The van der Waals surface area contributed by atoms with E-state index < -0.39 is 11.8 Å². The Kier molecular flexibility index (Phi) is 6.14. The Morgan fingerprint density at radius 2 is 2.08 bits per heavy atom. The summed E-state index contributed by atoms with van der Waals surface area (Å²) in [5.41, 5.74) is 0. The van der Waals surface area contributed by atoms with Crippen molar-refractivity contribution in [2.45, 2.75) is 13.8 Å². The van der Waals surface area contributed by atoms with Crippen LogP contribution in [0.25, 0.3) is 0 Å². The minimum absolute atomic E-state index is 0.0640. The number of ether oxygens (including phenoxy) is 2. The van der Waals surface area contributed by atoms with E-state index in [2.05, 4.69) is 11.3 Å². The fraction of sp³-hybridized carbons (Fsp3) is 0.667. The molecule has 0 heterocycles. The average molecular weight is 190 g/mol. The number of hydrogen-bond donors (Lipinski definition) is 0. The minimum atomic E-state index is -1.08. The van der Waals surface area contributed by atoms with Crippen LogP contribution in [0.15, 0.2) is 12.4 Å². The van der Waals surface area contributed by atoms with Crippen molar-refractivity contribution in [2.75, 3.05) is 19.8 Å². The van der Waals surface area contributed by atoms with Gasteiger partial charge in [-0.25, -0.2) is 4.79 Å². The van der Waals surface area contributed by atoms with Crippen molar-refractivity contribution in [3.05, 3.63) is 12.4 Å². The number of esters is 1. The number of carbonyl (C=O) groups excluding carboxylic acids is 1. The minimum Gasteiger partial charge on any atom is -0.458 e. The second-order valence-corrected chi connectivity index (χ2v) is 3.01. The molecule has 0 radical (unpaired) electrons. The first-order chi connectivity index (χ1) is 6.04. The van der Waals surface area contributed by atoms with Crippen LogP contribution in [0.1, 0.15) is 13.8 Å².